The number of hydrogen-bond donors (Lipinski definition) is 13. The molecule has 0 bridgehead atoms. The second-order valence-electron chi connectivity index (χ2n) is 13.3. The van der Waals surface area contributed by atoms with Gasteiger partial charge in [-0.1, -0.05) is 36.8 Å². The summed E-state index contributed by atoms with van der Waals surface area (Å²) in [5.41, 5.74) is 39.1. The molecule has 7 amide bonds. The Labute approximate surface area is 330 Å². The summed E-state index contributed by atoms with van der Waals surface area (Å²) in [7, 11) is 0. The van der Waals surface area contributed by atoms with Gasteiger partial charge >= 0.3 is 5.97 Å². The number of carbonyl (C=O) groups is 8. The smallest absolute Gasteiger partial charge is 0.326 e. The number of primary amides is 2. The molecule has 57 heavy (non-hydrogen) atoms. The minimum absolute atomic E-state index is 0.0396. The minimum atomic E-state index is -1.75. The summed E-state index contributed by atoms with van der Waals surface area (Å²) in [6.07, 6.45) is 0.829. The number of amides is 7. The fourth-order valence-electron chi connectivity index (χ4n) is 5.41. The average molecular weight is 806 g/mol. The molecule has 0 unspecified atom stereocenters. The van der Waals surface area contributed by atoms with Crippen LogP contribution < -0.4 is 66.7 Å². The Morgan fingerprint density at radius 3 is 1.49 bits per heavy atom. The topological polar surface area (TPSA) is 411 Å². The fraction of sp³-hybridized carbons (Fsp3) is 0.571. The molecule has 0 radical (unpaired) electrons. The molecule has 0 spiro atoms. The van der Waals surface area contributed by atoms with Crippen LogP contribution in [0.4, 0.5) is 0 Å². The molecular formula is C35H59N13O9. The van der Waals surface area contributed by atoms with Gasteiger partial charge in [0.2, 0.25) is 41.4 Å². The number of aliphatic imine (C=N–C) groups is 1. The molecule has 0 aliphatic heterocycles. The van der Waals surface area contributed by atoms with E-state index in [1.165, 1.54) is 0 Å². The predicted molar refractivity (Wildman–Crippen MR) is 209 cm³/mol. The normalized spacial score (nSPS) is 13.9. The molecule has 6 atom stereocenters. The van der Waals surface area contributed by atoms with Crippen molar-refractivity contribution < 1.29 is 43.5 Å². The van der Waals surface area contributed by atoms with Gasteiger partial charge in [-0.05, 0) is 63.6 Å². The monoisotopic (exact) mass is 805 g/mol. The lowest BCUT2D eigenvalue weighted by atomic mass is 10.0. The van der Waals surface area contributed by atoms with Crippen molar-refractivity contribution in [2.45, 2.75) is 107 Å². The molecule has 1 aromatic carbocycles. The van der Waals surface area contributed by atoms with Crippen molar-refractivity contribution >= 4 is 53.3 Å². The number of carbonyl (C=O) groups excluding carboxylic acids is 7. The molecule has 0 aliphatic rings. The first kappa shape index (κ1) is 49.1. The number of guanidine groups is 1. The Morgan fingerprint density at radius 1 is 0.561 bits per heavy atom. The van der Waals surface area contributed by atoms with E-state index >= 15 is 0 Å². The van der Waals surface area contributed by atoms with E-state index in [0.29, 0.717) is 44.3 Å². The molecule has 0 heterocycles. The van der Waals surface area contributed by atoms with Gasteiger partial charge in [0.15, 0.2) is 5.96 Å². The molecule has 20 N–H and O–H groups in total. The largest absolute Gasteiger partial charge is 0.480 e. The minimum Gasteiger partial charge on any atom is -0.480 e. The highest BCUT2D eigenvalue weighted by Gasteiger charge is 2.34. The van der Waals surface area contributed by atoms with Crippen molar-refractivity contribution in [3.63, 3.8) is 0 Å². The maximum absolute atomic E-state index is 13.7. The predicted octanol–water partition coefficient (Wildman–Crippen LogP) is -4.87. The number of aliphatic carboxylic acids is 1. The van der Waals surface area contributed by atoms with Gasteiger partial charge in [-0.25, -0.2) is 4.79 Å². The summed E-state index contributed by atoms with van der Waals surface area (Å²) in [6, 6.07) is -0.111. The van der Waals surface area contributed by atoms with Crippen molar-refractivity contribution in [3.05, 3.63) is 35.9 Å². The molecule has 22 heteroatoms. The van der Waals surface area contributed by atoms with E-state index in [0.717, 1.165) is 0 Å². The second-order valence-corrected chi connectivity index (χ2v) is 13.3. The lowest BCUT2D eigenvalue weighted by Gasteiger charge is -2.26. The van der Waals surface area contributed by atoms with Crippen LogP contribution in [-0.2, 0) is 44.8 Å². The van der Waals surface area contributed by atoms with Crippen LogP contribution in [0.15, 0.2) is 35.3 Å². The van der Waals surface area contributed by atoms with E-state index < -0.39 is 96.4 Å². The zero-order valence-electron chi connectivity index (χ0n) is 32.0. The first-order valence-corrected chi connectivity index (χ1v) is 18.5. The maximum Gasteiger partial charge on any atom is 0.326 e. The van der Waals surface area contributed by atoms with Crippen LogP contribution in [0, 0.1) is 0 Å². The highest BCUT2D eigenvalue weighted by molar-refractivity contribution is 5.99. The molecule has 1 aromatic rings. The summed E-state index contributed by atoms with van der Waals surface area (Å²) < 4.78 is 0. The van der Waals surface area contributed by atoms with Crippen molar-refractivity contribution in [2.75, 3.05) is 19.6 Å². The molecular weight excluding hydrogens is 746 g/mol. The van der Waals surface area contributed by atoms with Crippen LogP contribution in [0.5, 0.6) is 0 Å². The molecule has 0 fully saturated rings. The van der Waals surface area contributed by atoms with Gasteiger partial charge in [-0.15, -0.1) is 0 Å². The molecule has 0 aliphatic carbocycles. The quantitative estimate of drug-likeness (QED) is 0.0205. The van der Waals surface area contributed by atoms with Crippen LogP contribution in [0.3, 0.4) is 0 Å². The first-order chi connectivity index (χ1) is 27.0. The lowest BCUT2D eigenvalue weighted by molar-refractivity contribution is -0.142. The van der Waals surface area contributed by atoms with Crippen molar-refractivity contribution in [1.82, 2.24) is 26.6 Å². The summed E-state index contributed by atoms with van der Waals surface area (Å²) >= 11 is 0. The van der Waals surface area contributed by atoms with Gasteiger partial charge in [0.1, 0.15) is 30.2 Å². The van der Waals surface area contributed by atoms with Gasteiger partial charge < -0.3 is 71.8 Å². The summed E-state index contributed by atoms with van der Waals surface area (Å²) in [6.45, 7) is 0.781. The number of nitrogens with zero attached hydrogens (tertiary/aromatic N) is 1. The summed E-state index contributed by atoms with van der Waals surface area (Å²) in [4.78, 5) is 107. The number of nitrogens with two attached hydrogens (primary N) is 7. The van der Waals surface area contributed by atoms with E-state index in [2.05, 4.69) is 31.6 Å². The van der Waals surface area contributed by atoms with Crippen LogP contribution in [0.1, 0.15) is 69.8 Å². The molecule has 22 nitrogen and oxygen atoms in total. The lowest BCUT2D eigenvalue weighted by Crippen LogP contribution is -2.60. The third kappa shape index (κ3) is 20.6. The number of carboxylic acid groups (broad SMARTS) is 1. The second kappa shape index (κ2) is 26.9. The van der Waals surface area contributed by atoms with E-state index in [-0.39, 0.29) is 44.6 Å². The number of rotatable bonds is 29. The molecule has 318 valence electrons. The van der Waals surface area contributed by atoms with Crippen LogP contribution >= 0.6 is 0 Å². The SMILES string of the molecule is NCCCC[C@H](NC(=O)[C@H](Cc1ccccc1)NC(=O)[C@H](CC(N)=O)NC(=O)[C@H](CC(N)=O)NC(=O)[C@H](CCCN=C(N)N)NC(=O)[C@@H](N)CCCCN)C(=O)O. The first-order valence-electron chi connectivity index (χ1n) is 18.5. The highest BCUT2D eigenvalue weighted by atomic mass is 16.4. The molecule has 1 rings (SSSR count). The average Bonchev–Trinajstić information content (AvgIpc) is 3.14. The van der Waals surface area contributed by atoms with E-state index in [1.54, 1.807) is 30.3 Å². The fourth-order valence-corrected chi connectivity index (χ4v) is 5.41. The Balaban J connectivity index is 3.34. The van der Waals surface area contributed by atoms with Crippen LogP contribution in [0.25, 0.3) is 0 Å². The van der Waals surface area contributed by atoms with Crippen LogP contribution in [-0.4, -0.2) is 114 Å². The number of hydrogen-bond acceptors (Lipinski definition) is 12. The van der Waals surface area contributed by atoms with Crippen LogP contribution in [0.2, 0.25) is 0 Å². The van der Waals surface area contributed by atoms with Crippen molar-refractivity contribution in [2.24, 2.45) is 45.1 Å². The van der Waals surface area contributed by atoms with E-state index in [4.69, 9.17) is 40.1 Å². The maximum atomic E-state index is 13.7. The summed E-state index contributed by atoms with van der Waals surface area (Å²) in [5, 5.41) is 21.7. The van der Waals surface area contributed by atoms with Gasteiger partial charge in [-0.3, -0.25) is 38.6 Å². The summed E-state index contributed by atoms with van der Waals surface area (Å²) in [5.74, 6) is -8.32. The number of benzene rings is 1. The standard InChI is InChI=1S/C35H59N13O9/c36-14-6-4-11-21(38)29(51)44-22(13-8-16-43-35(41)42)30(52)47-25(18-27(39)49)33(55)48-26(19-28(40)50)32(54)46-24(17-20-9-2-1-3-10-20)31(53)45-23(34(56)57)12-5-7-15-37/h1-3,9-10,21-26H,4-8,11-19,36-38H2,(H2,39,49)(H2,40,50)(H,44,51)(H,45,53)(H,46,54)(H,47,52)(H,48,55)(H,56,57)(H4,41,42,43)/t21-,22-,23-,24-,25-,26-/m0/s1. The molecule has 0 aromatic heterocycles. The van der Waals surface area contributed by atoms with Crippen molar-refractivity contribution in [1.29, 1.82) is 0 Å². The Hall–Kier alpha value is -5.87. The Bertz CT molecular complexity index is 1530. The number of carboxylic acids is 1. The number of unbranched alkanes of at least 4 members (excludes halogenated alkanes) is 2. The Kier molecular flexibility index (Phi) is 23.2. The third-order valence-electron chi connectivity index (χ3n) is 8.44. The molecule has 0 saturated carbocycles. The Morgan fingerprint density at radius 2 is 1.00 bits per heavy atom. The van der Waals surface area contributed by atoms with Gasteiger partial charge in [0.05, 0.1) is 18.9 Å². The van der Waals surface area contributed by atoms with Gasteiger partial charge in [0.25, 0.3) is 0 Å². The third-order valence-corrected chi connectivity index (χ3v) is 8.44. The van der Waals surface area contributed by atoms with Gasteiger partial charge in [-0.2, -0.15) is 0 Å². The van der Waals surface area contributed by atoms with E-state index in [1.807, 2.05) is 0 Å². The number of nitrogens with one attached hydrogen (secondary N) is 5. The van der Waals surface area contributed by atoms with Crippen molar-refractivity contribution in [3.8, 4) is 0 Å². The zero-order valence-corrected chi connectivity index (χ0v) is 32.0. The zero-order chi connectivity index (χ0) is 42.9. The van der Waals surface area contributed by atoms with E-state index in [9.17, 15) is 43.5 Å². The highest BCUT2D eigenvalue weighted by Crippen LogP contribution is 2.09. The van der Waals surface area contributed by atoms with Gasteiger partial charge in [0, 0.05) is 13.0 Å². The molecule has 0 saturated heterocycles.